The first-order valence-electron chi connectivity index (χ1n) is 9.14. The summed E-state index contributed by atoms with van der Waals surface area (Å²) in [4.78, 5) is 28.1. The third-order valence-electron chi connectivity index (χ3n) is 4.51. The van der Waals surface area contributed by atoms with Crippen molar-refractivity contribution in [2.24, 2.45) is 5.92 Å². The number of carbonyl (C=O) groups excluding carboxylic acids is 1. The molecule has 1 amide bonds. The van der Waals surface area contributed by atoms with Gasteiger partial charge in [-0.2, -0.15) is 0 Å². The van der Waals surface area contributed by atoms with Gasteiger partial charge in [-0.3, -0.25) is 14.2 Å². The molecule has 0 unspecified atom stereocenters. The molecule has 5 nitrogen and oxygen atoms in total. The van der Waals surface area contributed by atoms with Crippen molar-refractivity contribution >= 4 is 45.0 Å². The van der Waals surface area contributed by atoms with Gasteiger partial charge in [0.05, 0.1) is 17.4 Å². The molecular formula is C21H22BrN3O2S. The van der Waals surface area contributed by atoms with E-state index >= 15 is 0 Å². The third-order valence-corrected chi connectivity index (χ3v) is 5.32. The minimum atomic E-state index is -0.143. The minimum absolute atomic E-state index is 0.0859. The van der Waals surface area contributed by atoms with Crippen molar-refractivity contribution in [1.82, 2.24) is 14.9 Å². The summed E-state index contributed by atoms with van der Waals surface area (Å²) in [5.74, 6) is 0.463. The molecule has 1 aromatic heterocycles. The van der Waals surface area contributed by atoms with Gasteiger partial charge in [0.1, 0.15) is 0 Å². The van der Waals surface area contributed by atoms with E-state index in [4.69, 9.17) is 12.2 Å². The number of nitrogens with one attached hydrogen (secondary N) is 2. The Morgan fingerprint density at radius 1 is 1.21 bits per heavy atom. The van der Waals surface area contributed by atoms with Crippen LogP contribution in [0.3, 0.4) is 0 Å². The molecule has 0 atom stereocenters. The molecule has 3 rings (SSSR count). The van der Waals surface area contributed by atoms with Gasteiger partial charge in [0, 0.05) is 16.6 Å². The van der Waals surface area contributed by atoms with Crippen molar-refractivity contribution in [3.05, 3.63) is 73.2 Å². The number of carbonyl (C=O) groups is 1. The van der Waals surface area contributed by atoms with E-state index < -0.39 is 0 Å². The van der Waals surface area contributed by atoms with E-state index in [0.717, 1.165) is 16.5 Å². The number of halogens is 1. The molecule has 146 valence electrons. The first-order valence-corrected chi connectivity index (χ1v) is 10.3. The fourth-order valence-electron chi connectivity index (χ4n) is 2.89. The maximum atomic E-state index is 12.8. The van der Waals surface area contributed by atoms with Crippen molar-refractivity contribution in [3.8, 4) is 0 Å². The molecule has 28 heavy (non-hydrogen) atoms. The van der Waals surface area contributed by atoms with Gasteiger partial charge in [-0.15, -0.1) is 0 Å². The molecular weight excluding hydrogens is 438 g/mol. The highest BCUT2D eigenvalue weighted by Crippen LogP contribution is 2.16. The number of aromatic nitrogens is 2. The van der Waals surface area contributed by atoms with Crippen LogP contribution in [0, 0.1) is 10.7 Å². The van der Waals surface area contributed by atoms with Crippen molar-refractivity contribution in [2.75, 3.05) is 6.54 Å². The number of hydrogen-bond donors (Lipinski definition) is 2. The number of hydrogen-bond acceptors (Lipinski definition) is 3. The van der Waals surface area contributed by atoms with Gasteiger partial charge < -0.3 is 10.3 Å². The van der Waals surface area contributed by atoms with Crippen LogP contribution in [0.1, 0.15) is 36.2 Å². The standard InChI is InChI=1S/C21H22BrN3O2S/c1-13(2)9-10-23-19(26)15-5-3-14(4-6-15)12-25-20(27)17-11-16(22)7-8-18(17)24-21(25)28/h3-8,11,13H,9-10,12H2,1-2H3,(H,23,26)(H,24,28). The zero-order valence-electron chi connectivity index (χ0n) is 15.8. The molecule has 0 aliphatic rings. The van der Waals surface area contributed by atoms with Crippen LogP contribution in [0.15, 0.2) is 51.7 Å². The lowest BCUT2D eigenvalue weighted by Crippen LogP contribution is -2.25. The van der Waals surface area contributed by atoms with Crippen LogP contribution >= 0.6 is 28.1 Å². The lowest BCUT2D eigenvalue weighted by molar-refractivity contribution is 0.0952. The highest BCUT2D eigenvalue weighted by molar-refractivity contribution is 9.10. The van der Waals surface area contributed by atoms with Gasteiger partial charge >= 0.3 is 0 Å². The van der Waals surface area contributed by atoms with Crippen molar-refractivity contribution < 1.29 is 4.79 Å². The maximum absolute atomic E-state index is 12.8. The highest BCUT2D eigenvalue weighted by atomic mass is 79.9. The van der Waals surface area contributed by atoms with Crippen LogP contribution in [0.5, 0.6) is 0 Å². The molecule has 0 fully saturated rings. The SMILES string of the molecule is CC(C)CCNC(=O)c1ccc(Cn2c(=S)[nH]c3ccc(Br)cc3c2=O)cc1. The second kappa shape index (κ2) is 8.84. The van der Waals surface area contributed by atoms with Crippen LogP contribution < -0.4 is 10.9 Å². The Morgan fingerprint density at radius 3 is 2.61 bits per heavy atom. The zero-order chi connectivity index (χ0) is 20.3. The number of nitrogens with zero attached hydrogens (tertiary/aromatic N) is 1. The molecule has 0 spiro atoms. The van der Waals surface area contributed by atoms with Crippen LogP contribution in [-0.4, -0.2) is 22.0 Å². The molecule has 0 saturated carbocycles. The summed E-state index contributed by atoms with van der Waals surface area (Å²) in [5.41, 5.74) is 2.07. The number of H-pyrrole nitrogens is 1. The maximum Gasteiger partial charge on any atom is 0.262 e. The summed E-state index contributed by atoms with van der Waals surface area (Å²) in [6.07, 6.45) is 0.947. The van der Waals surface area contributed by atoms with E-state index in [1.54, 1.807) is 18.2 Å². The largest absolute Gasteiger partial charge is 0.352 e. The minimum Gasteiger partial charge on any atom is -0.352 e. The van der Waals surface area contributed by atoms with E-state index in [2.05, 4.69) is 40.1 Å². The lowest BCUT2D eigenvalue weighted by atomic mass is 10.1. The predicted molar refractivity (Wildman–Crippen MR) is 118 cm³/mol. The molecule has 0 bridgehead atoms. The summed E-state index contributed by atoms with van der Waals surface area (Å²) >= 11 is 8.76. The Hall–Kier alpha value is -2.25. The molecule has 7 heteroatoms. The highest BCUT2D eigenvalue weighted by Gasteiger charge is 2.09. The van der Waals surface area contributed by atoms with Crippen LogP contribution in [0.2, 0.25) is 0 Å². The van der Waals surface area contributed by atoms with Crippen molar-refractivity contribution in [1.29, 1.82) is 0 Å². The van der Waals surface area contributed by atoms with E-state index in [9.17, 15) is 9.59 Å². The van der Waals surface area contributed by atoms with Crippen LogP contribution in [0.25, 0.3) is 10.9 Å². The average molecular weight is 460 g/mol. The fourth-order valence-corrected chi connectivity index (χ4v) is 3.51. The Balaban J connectivity index is 1.80. The van der Waals surface area contributed by atoms with E-state index in [0.29, 0.717) is 40.2 Å². The van der Waals surface area contributed by atoms with E-state index in [1.165, 1.54) is 4.57 Å². The monoisotopic (exact) mass is 459 g/mol. The zero-order valence-corrected chi connectivity index (χ0v) is 18.2. The van der Waals surface area contributed by atoms with E-state index in [-0.39, 0.29) is 11.5 Å². The molecule has 1 heterocycles. The van der Waals surface area contributed by atoms with Gasteiger partial charge in [0.2, 0.25) is 0 Å². The summed E-state index contributed by atoms with van der Waals surface area (Å²) in [5, 5.41) is 3.50. The topological polar surface area (TPSA) is 66.9 Å². The van der Waals surface area contributed by atoms with Crippen LogP contribution in [-0.2, 0) is 6.54 Å². The summed E-state index contributed by atoms with van der Waals surface area (Å²) in [6, 6.07) is 12.7. The van der Waals surface area contributed by atoms with Crippen LogP contribution in [0.4, 0.5) is 0 Å². The normalized spacial score (nSPS) is 11.1. The second-order valence-electron chi connectivity index (χ2n) is 7.15. The van der Waals surface area contributed by atoms with Gasteiger partial charge in [-0.05, 0) is 60.5 Å². The first-order chi connectivity index (χ1) is 13.3. The van der Waals surface area contributed by atoms with Crippen molar-refractivity contribution in [2.45, 2.75) is 26.8 Å². The number of fused-ring (bicyclic) bond motifs is 1. The van der Waals surface area contributed by atoms with Gasteiger partial charge in [0.15, 0.2) is 4.77 Å². The Bertz CT molecular complexity index is 1120. The predicted octanol–water partition coefficient (Wildman–Crippen LogP) is 4.65. The van der Waals surface area contributed by atoms with Gasteiger partial charge in [0.25, 0.3) is 11.5 Å². The number of amides is 1. The third kappa shape index (κ3) is 4.77. The molecule has 2 N–H and O–H groups in total. The molecule has 0 radical (unpaired) electrons. The summed E-state index contributed by atoms with van der Waals surface area (Å²) < 4.78 is 2.74. The van der Waals surface area contributed by atoms with Gasteiger partial charge in [-0.25, -0.2) is 0 Å². The summed E-state index contributed by atoms with van der Waals surface area (Å²) in [7, 11) is 0. The molecule has 0 aliphatic carbocycles. The number of rotatable bonds is 6. The molecule has 2 aromatic carbocycles. The molecule has 0 aliphatic heterocycles. The molecule has 0 saturated heterocycles. The Morgan fingerprint density at radius 2 is 1.93 bits per heavy atom. The average Bonchev–Trinajstić information content (AvgIpc) is 2.66. The lowest BCUT2D eigenvalue weighted by Gasteiger charge is -2.10. The first kappa shape index (κ1) is 20.5. The van der Waals surface area contributed by atoms with E-state index in [1.807, 2.05) is 24.3 Å². The smallest absolute Gasteiger partial charge is 0.262 e. The molecule has 3 aromatic rings. The fraction of sp³-hybridized carbons (Fsp3) is 0.286. The Labute approximate surface area is 176 Å². The summed E-state index contributed by atoms with van der Waals surface area (Å²) in [6.45, 7) is 5.25. The Kier molecular flexibility index (Phi) is 6.46. The van der Waals surface area contributed by atoms with Crippen molar-refractivity contribution in [3.63, 3.8) is 0 Å². The van der Waals surface area contributed by atoms with Gasteiger partial charge in [-0.1, -0.05) is 41.9 Å². The number of aromatic amines is 1. The quantitative estimate of drug-likeness (QED) is 0.527. The number of benzene rings is 2. The second-order valence-corrected chi connectivity index (χ2v) is 8.45.